The molecule has 37 heavy (non-hydrogen) atoms. The Kier molecular flexibility index (Phi) is 7.13. The maximum absolute atomic E-state index is 15.1. The molecule has 198 valence electrons. The number of pyridine rings is 2. The van der Waals surface area contributed by atoms with Crippen LogP contribution in [0.2, 0.25) is 0 Å². The average Bonchev–Trinajstić information content (AvgIpc) is 2.84. The van der Waals surface area contributed by atoms with E-state index in [0.29, 0.717) is 35.9 Å². The van der Waals surface area contributed by atoms with E-state index in [-0.39, 0.29) is 32.1 Å². The monoisotopic (exact) mass is 532 g/mol. The van der Waals surface area contributed by atoms with Gasteiger partial charge in [0.2, 0.25) is 5.43 Å². The van der Waals surface area contributed by atoms with E-state index >= 15 is 4.39 Å². The van der Waals surface area contributed by atoms with Crippen molar-refractivity contribution in [2.75, 3.05) is 37.9 Å². The van der Waals surface area contributed by atoms with E-state index in [1.165, 1.54) is 4.90 Å². The molecule has 1 atom stereocenters. The minimum atomic E-state index is -3.38. The highest BCUT2D eigenvalue weighted by molar-refractivity contribution is 5.98. The van der Waals surface area contributed by atoms with Gasteiger partial charge in [-0.2, -0.15) is 0 Å². The van der Waals surface area contributed by atoms with E-state index in [1.54, 1.807) is 5.32 Å². The lowest BCUT2D eigenvalue weighted by Crippen LogP contribution is -2.54. The van der Waals surface area contributed by atoms with Gasteiger partial charge in [0, 0.05) is 31.4 Å². The molecule has 0 aliphatic carbocycles. The van der Waals surface area contributed by atoms with Crippen LogP contribution in [0.5, 0.6) is 0 Å². The SMILES string of the molecule is CC(CF)(NC(=O)c1cn(-c2c(F)cc(F)cc2F)c2nc(N3CCOCC3)c(F)cc2c1=O)C(F)F. The molecule has 0 saturated carbocycles. The van der Waals surface area contributed by atoms with E-state index in [9.17, 15) is 35.9 Å². The zero-order valence-corrected chi connectivity index (χ0v) is 19.1. The summed E-state index contributed by atoms with van der Waals surface area (Å²) in [7, 11) is 0. The number of carbonyl (C=O) groups excluding carboxylic acids is 1. The van der Waals surface area contributed by atoms with Gasteiger partial charge in [-0.1, -0.05) is 0 Å². The fourth-order valence-electron chi connectivity index (χ4n) is 3.78. The minimum absolute atomic E-state index is 0.203. The Hall–Kier alpha value is -3.68. The van der Waals surface area contributed by atoms with Gasteiger partial charge in [-0.05, 0) is 13.0 Å². The van der Waals surface area contributed by atoms with Crippen molar-refractivity contribution < 1.29 is 40.3 Å². The van der Waals surface area contributed by atoms with E-state index in [0.717, 1.165) is 0 Å². The van der Waals surface area contributed by atoms with Crippen LogP contribution in [0.3, 0.4) is 0 Å². The molecule has 1 aliphatic rings. The summed E-state index contributed by atoms with van der Waals surface area (Å²) in [6.45, 7) is -0.167. The predicted octanol–water partition coefficient (Wildman–Crippen LogP) is 3.50. The molecule has 1 saturated heterocycles. The molecule has 1 aromatic carbocycles. The van der Waals surface area contributed by atoms with Crippen LogP contribution in [0.1, 0.15) is 17.3 Å². The highest BCUT2D eigenvalue weighted by Crippen LogP contribution is 2.27. The number of anilines is 1. The molecule has 1 fully saturated rings. The Balaban J connectivity index is 2.00. The smallest absolute Gasteiger partial charge is 0.263 e. The van der Waals surface area contributed by atoms with Crippen molar-refractivity contribution in [3.8, 4) is 5.69 Å². The molecule has 3 aromatic rings. The van der Waals surface area contributed by atoms with Crippen LogP contribution in [-0.2, 0) is 4.74 Å². The molecule has 1 N–H and O–H groups in total. The molecule has 0 bridgehead atoms. The lowest BCUT2D eigenvalue weighted by molar-refractivity contribution is 0.0238. The third kappa shape index (κ3) is 4.84. The number of nitrogens with one attached hydrogen (secondary N) is 1. The maximum Gasteiger partial charge on any atom is 0.263 e. The lowest BCUT2D eigenvalue weighted by Gasteiger charge is -2.28. The number of amides is 1. The first-order valence-corrected chi connectivity index (χ1v) is 10.9. The number of ether oxygens (including phenoxy) is 1. The van der Waals surface area contributed by atoms with Crippen LogP contribution in [0, 0.1) is 23.3 Å². The first kappa shape index (κ1) is 26.4. The number of benzene rings is 1. The number of rotatable bonds is 6. The van der Waals surface area contributed by atoms with Crippen LogP contribution in [0.4, 0.5) is 36.6 Å². The van der Waals surface area contributed by atoms with Gasteiger partial charge in [-0.25, -0.2) is 35.7 Å². The van der Waals surface area contributed by atoms with E-state index < -0.39 is 75.5 Å². The zero-order chi connectivity index (χ0) is 27.1. The number of alkyl halides is 3. The molecule has 0 spiro atoms. The Morgan fingerprint density at radius 1 is 1.11 bits per heavy atom. The van der Waals surface area contributed by atoms with Crippen LogP contribution >= 0.6 is 0 Å². The Bertz CT molecular complexity index is 1400. The fraction of sp³-hybridized carbons (Fsp3) is 0.348. The van der Waals surface area contributed by atoms with Crippen LogP contribution in [-0.4, -0.2) is 60.4 Å². The quantitative estimate of drug-likeness (QED) is 0.492. The van der Waals surface area contributed by atoms with Crippen molar-refractivity contribution in [3.63, 3.8) is 0 Å². The number of hydrogen-bond acceptors (Lipinski definition) is 5. The molecule has 2 aromatic heterocycles. The number of morpholine rings is 1. The summed E-state index contributed by atoms with van der Waals surface area (Å²) in [5.74, 6) is -7.01. The summed E-state index contributed by atoms with van der Waals surface area (Å²) in [4.78, 5) is 31.4. The largest absolute Gasteiger partial charge is 0.378 e. The van der Waals surface area contributed by atoms with Gasteiger partial charge in [-0.3, -0.25) is 14.2 Å². The fourth-order valence-corrected chi connectivity index (χ4v) is 3.78. The van der Waals surface area contributed by atoms with Gasteiger partial charge in [0.15, 0.2) is 28.9 Å². The topological polar surface area (TPSA) is 76.5 Å². The van der Waals surface area contributed by atoms with Crippen molar-refractivity contribution in [3.05, 3.63) is 63.5 Å². The summed E-state index contributed by atoms with van der Waals surface area (Å²) >= 11 is 0. The Morgan fingerprint density at radius 2 is 1.73 bits per heavy atom. The number of aromatic nitrogens is 2. The summed E-state index contributed by atoms with van der Waals surface area (Å²) in [5, 5.41) is 1.06. The molecule has 14 heteroatoms. The summed E-state index contributed by atoms with van der Waals surface area (Å²) in [6.07, 6.45) is -2.79. The Labute approximate surface area is 204 Å². The molecular formula is C23H19F7N4O3. The van der Waals surface area contributed by atoms with Crippen molar-refractivity contribution >= 4 is 22.8 Å². The average molecular weight is 532 g/mol. The van der Waals surface area contributed by atoms with Crippen LogP contribution in [0.25, 0.3) is 16.7 Å². The van der Waals surface area contributed by atoms with E-state index in [4.69, 9.17) is 4.74 Å². The van der Waals surface area contributed by atoms with Gasteiger partial charge in [0.1, 0.15) is 29.3 Å². The summed E-state index contributed by atoms with van der Waals surface area (Å²) < 4.78 is 104. The van der Waals surface area contributed by atoms with Gasteiger partial charge in [0.05, 0.1) is 18.6 Å². The van der Waals surface area contributed by atoms with Crippen LogP contribution in [0.15, 0.2) is 29.2 Å². The molecule has 1 amide bonds. The third-order valence-electron chi connectivity index (χ3n) is 5.85. The summed E-state index contributed by atoms with van der Waals surface area (Å²) in [5.41, 5.74) is -6.36. The number of hydrogen-bond donors (Lipinski definition) is 1. The van der Waals surface area contributed by atoms with Crippen molar-refractivity contribution in [2.24, 2.45) is 0 Å². The number of nitrogens with zero attached hydrogens (tertiary/aromatic N) is 3. The van der Waals surface area contributed by atoms with Gasteiger partial charge in [-0.15, -0.1) is 0 Å². The van der Waals surface area contributed by atoms with Gasteiger partial charge >= 0.3 is 0 Å². The van der Waals surface area contributed by atoms with Crippen molar-refractivity contribution in [2.45, 2.75) is 18.9 Å². The second kappa shape index (κ2) is 10.00. The number of carbonyl (C=O) groups is 1. The van der Waals surface area contributed by atoms with Crippen LogP contribution < -0.4 is 15.6 Å². The first-order chi connectivity index (χ1) is 17.5. The zero-order valence-electron chi connectivity index (χ0n) is 19.1. The highest BCUT2D eigenvalue weighted by Gasteiger charge is 2.38. The number of fused-ring (bicyclic) bond motifs is 1. The summed E-state index contributed by atoms with van der Waals surface area (Å²) in [6, 6.07) is 1.33. The molecule has 4 rings (SSSR count). The second-order valence-corrected chi connectivity index (χ2v) is 8.53. The molecule has 3 heterocycles. The predicted molar refractivity (Wildman–Crippen MR) is 118 cm³/mol. The van der Waals surface area contributed by atoms with Gasteiger partial charge < -0.3 is 15.0 Å². The molecule has 1 unspecified atom stereocenters. The second-order valence-electron chi connectivity index (χ2n) is 8.53. The molecular weight excluding hydrogens is 513 g/mol. The van der Waals surface area contributed by atoms with E-state index in [1.807, 2.05) is 0 Å². The molecule has 1 aliphatic heterocycles. The van der Waals surface area contributed by atoms with E-state index in [2.05, 4.69) is 4.98 Å². The Morgan fingerprint density at radius 3 is 2.30 bits per heavy atom. The number of halogens is 7. The van der Waals surface area contributed by atoms with Crippen molar-refractivity contribution in [1.29, 1.82) is 0 Å². The first-order valence-electron chi connectivity index (χ1n) is 10.9. The normalized spacial score (nSPS) is 15.8. The van der Waals surface area contributed by atoms with Crippen molar-refractivity contribution in [1.82, 2.24) is 14.9 Å². The third-order valence-corrected chi connectivity index (χ3v) is 5.85. The minimum Gasteiger partial charge on any atom is -0.378 e. The van der Waals surface area contributed by atoms with Gasteiger partial charge in [0.25, 0.3) is 12.3 Å². The highest BCUT2D eigenvalue weighted by atomic mass is 19.3. The standard InChI is InChI=1S/C23H19F7N4O3/c1-23(10-24,22(29)30)32-21(36)13-9-34(17-14(26)6-11(25)7-15(17)27)19-12(18(13)35)8-16(28)20(31-19)33-2-4-37-5-3-33/h6-9,22H,2-5,10H2,1H3,(H,32,36). The maximum atomic E-state index is 15.1. The molecule has 0 radical (unpaired) electrons. The molecule has 7 nitrogen and oxygen atoms in total. The lowest BCUT2D eigenvalue weighted by atomic mass is 10.0.